The molecule has 5 nitrogen and oxygen atoms in total. The Morgan fingerprint density at radius 2 is 0.790 bits per heavy atom. The molecule has 2 aromatic heterocycles. The maximum Gasteiger partial charge on any atom is 0.238 e. The summed E-state index contributed by atoms with van der Waals surface area (Å²) in [6, 6.07) is 102. The molecule has 0 atom stereocenters. The number of hydrogen-bond acceptors (Lipinski definition) is 4. The first-order valence-electron chi connectivity index (χ1n) is 27.7. The highest BCUT2D eigenvalue weighted by Gasteiger charge is 2.36. The lowest BCUT2D eigenvalue weighted by Gasteiger charge is -2.27. The van der Waals surface area contributed by atoms with Gasteiger partial charge < -0.3 is 4.90 Å². The van der Waals surface area contributed by atoms with Crippen molar-refractivity contribution in [3.8, 4) is 84.4 Å². The fraction of sp³-hybridized carbons (Fsp3) is 0.0395. The normalized spacial score (nSPS) is 12.4. The average molecular weight is 1040 g/mol. The maximum absolute atomic E-state index is 5.46. The zero-order valence-electron chi connectivity index (χ0n) is 44.9. The van der Waals surface area contributed by atoms with E-state index in [-0.39, 0.29) is 5.41 Å². The number of anilines is 3. The molecule has 0 amide bonds. The number of rotatable bonds is 10. The van der Waals surface area contributed by atoms with Crippen molar-refractivity contribution in [1.82, 2.24) is 19.5 Å². The molecular formula is C76H53N5. The second-order valence-electron chi connectivity index (χ2n) is 21.6. The summed E-state index contributed by atoms with van der Waals surface area (Å²) >= 11 is 0. The second-order valence-corrected chi connectivity index (χ2v) is 21.6. The Balaban J connectivity index is 0.917. The molecule has 12 aromatic carbocycles. The first kappa shape index (κ1) is 47.7. The third kappa shape index (κ3) is 8.37. The topological polar surface area (TPSA) is 46.8 Å². The van der Waals surface area contributed by atoms with Crippen LogP contribution in [0, 0.1) is 0 Å². The molecule has 0 saturated heterocycles. The van der Waals surface area contributed by atoms with Gasteiger partial charge in [-0.05, 0) is 127 Å². The number of fused-ring (bicyclic) bond motifs is 7. The Morgan fingerprint density at radius 1 is 0.309 bits per heavy atom. The van der Waals surface area contributed by atoms with Gasteiger partial charge in [0.15, 0.2) is 11.6 Å². The van der Waals surface area contributed by atoms with Crippen LogP contribution in [0.2, 0.25) is 0 Å². The van der Waals surface area contributed by atoms with E-state index in [4.69, 9.17) is 15.0 Å². The SMILES string of the molecule is CC1(C)c2ccccc2-c2cc3c4cc(-c5cccc(N(c6ccc(-c7ccccc7)cc6)c6cccc7ccccc67)c5)ccc4n(-c4nc(-c5ccc(-c6ccccc6)cc5)nc(-c5ccc(-c6ccccc6)cc5)n4)c3cc21. The highest BCUT2D eigenvalue weighted by Crippen LogP contribution is 2.51. The van der Waals surface area contributed by atoms with Crippen molar-refractivity contribution in [3.63, 3.8) is 0 Å². The van der Waals surface area contributed by atoms with Gasteiger partial charge in [0.1, 0.15) is 0 Å². The van der Waals surface area contributed by atoms with E-state index in [1.54, 1.807) is 0 Å². The third-order valence-electron chi connectivity index (χ3n) is 16.5. The van der Waals surface area contributed by atoms with E-state index < -0.39 is 0 Å². The zero-order valence-corrected chi connectivity index (χ0v) is 44.9. The number of nitrogens with zero attached hydrogens (tertiary/aromatic N) is 5. The molecule has 0 saturated carbocycles. The monoisotopic (exact) mass is 1040 g/mol. The minimum Gasteiger partial charge on any atom is -0.310 e. The predicted octanol–water partition coefficient (Wildman–Crippen LogP) is 19.9. The van der Waals surface area contributed by atoms with Crippen molar-refractivity contribution >= 4 is 49.6 Å². The van der Waals surface area contributed by atoms with Crippen LogP contribution in [0.5, 0.6) is 0 Å². The first-order chi connectivity index (χ1) is 39.9. The Bertz CT molecular complexity index is 4570. The lowest BCUT2D eigenvalue weighted by Crippen LogP contribution is -2.15. The van der Waals surface area contributed by atoms with Crippen molar-refractivity contribution in [3.05, 3.63) is 296 Å². The van der Waals surface area contributed by atoms with Gasteiger partial charge in [-0.2, -0.15) is 9.97 Å². The number of benzene rings is 12. The van der Waals surface area contributed by atoms with Gasteiger partial charge >= 0.3 is 0 Å². The zero-order chi connectivity index (χ0) is 54.0. The fourth-order valence-corrected chi connectivity index (χ4v) is 12.3. The minimum atomic E-state index is -0.235. The molecule has 0 spiro atoms. The minimum absolute atomic E-state index is 0.235. The number of aromatic nitrogens is 4. The molecule has 15 rings (SSSR count). The average Bonchev–Trinajstić information content (AvgIpc) is 4.14. The molecule has 0 unspecified atom stereocenters. The molecule has 81 heavy (non-hydrogen) atoms. The van der Waals surface area contributed by atoms with Gasteiger partial charge in [0.05, 0.1) is 16.7 Å². The van der Waals surface area contributed by atoms with E-state index in [9.17, 15) is 0 Å². The fourth-order valence-electron chi connectivity index (χ4n) is 12.3. The van der Waals surface area contributed by atoms with E-state index in [0.717, 1.165) is 83.4 Å². The Labute approximate surface area is 471 Å². The van der Waals surface area contributed by atoms with Crippen LogP contribution in [-0.2, 0) is 5.41 Å². The van der Waals surface area contributed by atoms with Gasteiger partial charge in [-0.25, -0.2) is 4.98 Å². The molecule has 0 N–H and O–H groups in total. The molecule has 382 valence electrons. The molecule has 14 aromatic rings. The summed E-state index contributed by atoms with van der Waals surface area (Å²) in [5, 5.41) is 4.62. The molecule has 0 fully saturated rings. The van der Waals surface area contributed by atoms with Crippen molar-refractivity contribution in [2.75, 3.05) is 4.90 Å². The summed E-state index contributed by atoms with van der Waals surface area (Å²) < 4.78 is 2.27. The summed E-state index contributed by atoms with van der Waals surface area (Å²) in [7, 11) is 0. The molecule has 1 aliphatic carbocycles. The van der Waals surface area contributed by atoms with Gasteiger partial charge in [0.2, 0.25) is 5.95 Å². The van der Waals surface area contributed by atoms with Crippen LogP contribution in [0.1, 0.15) is 25.0 Å². The first-order valence-corrected chi connectivity index (χ1v) is 27.7. The summed E-state index contributed by atoms with van der Waals surface area (Å²) in [6.07, 6.45) is 0. The summed E-state index contributed by atoms with van der Waals surface area (Å²) in [6.45, 7) is 4.69. The van der Waals surface area contributed by atoms with Crippen molar-refractivity contribution in [2.45, 2.75) is 19.3 Å². The predicted molar refractivity (Wildman–Crippen MR) is 337 cm³/mol. The van der Waals surface area contributed by atoms with Gasteiger partial charge in [0, 0.05) is 44.1 Å². The Kier molecular flexibility index (Phi) is 11.5. The molecular weight excluding hydrogens is 983 g/mol. The van der Waals surface area contributed by atoms with Crippen LogP contribution in [0.3, 0.4) is 0 Å². The highest BCUT2D eigenvalue weighted by atomic mass is 15.2. The molecule has 0 radical (unpaired) electrons. The molecule has 2 heterocycles. The Morgan fingerprint density at radius 3 is 1.43 bits per heavy atom. The van der Waals surface area contributed by atoms with Gasteiger partial charge in [-0.15, -0.1) is 0 Å². The highest BCUT2D eigenvalue weighted by molar-refractivity contribution is 6.13. The smallest absolute Gasteiger partial charge is 0.238 e. The van der Waals surface area contributed by atoms with Crippen LogP contribution < -0.4 is 4.90 Å². The van der Waals surface area contributed by atoms with Crippen molar-refractivity contribution in [2.24, 2.45) is 0 Å². The van der Waals surface area contributed by atoms with Crippen molar-refractivity contribution < 1.29 is 0 Å². The van der Waals surface area contributed by atoms with Crippen LogP contribution >= 0.6 is 0 Å². The van der Waals surface area contributed by atoms with Gasteiger partial charge in [-0.3, -0.25) is 4.57 Å². The van der Waals surface area contributed by atoms with E-state index >= 15 is 0 Å². The largest absolute Gasteiger partial charge is 0.310 e. The maximum atomic E-state index is 5.46. The van der Waals surface area contributed by atoms with Crippen LogP contribution in [0.4, 0.5) is 17.1 Å². The molecule has 5 heteroatoms. The van der Waals surface area contributed by atoms with E-state index in [2.05, 4.69) is 296 Å². The lowest BCUT2D eigenvalue weighted by atomic mass is 9.82. The summed E-state index contributed by atoms with van der Waals surface area (Å²) in [5.74, 6) is 1.76. The van der Waals surface area contributed by atoms with Crippen LogP contribution in [0.15, 0.2) is 285 Å². The summed E-state index contributed by atoms with van der Waals surface area (Å²) in [4.78, 5) is 18.6. The molecule has 0 aliphatic heterocycles. The Hall–Kier alpha value is -10.5. The summed E-state index contributed by atoms with van der Waals surface area (Å²) in [5.41, 5.74) is 21.2. The van der Waals surface area contributed by atoms with Gasteiger partial charge in [-0.1, -0.05) is 244 Å². The quantitative estimate of drug-likeness (QED) is 0.137. The van der Waals surface area contributed by atoms with E-state index in [1.165, 1.54) is 44.2 Å². The molecule has 1 aliphatic rings. The van der Waals surface area contributed by atoms with Gasteiger partial charge in [0.25, 0.3) is 0 Å². The van der Waals surface area contributed by atoms with Crippen LogP contribution in [0.25, 0.3) is 117 Å². The van der Waals surface area contributed by atoms with E-state index in [1.807, 2.05) is 12.1 Å². The second kappa shape index (κ2) is 19.5. The van der Waals surface area contributed by atoms with Crippen LogP contribution in [-0.4, -0.2) is 19.5 Å². The number of hydrogen-bond donors (Lipinski definition) is 0. The standard InChI is InChI=1S/C76H53N5/c1-76(2)68-30-15-14-29-64(68)65-48-67-66-47-60(59-26-16-27-62(46-59)80(70-31-17-25-56-24-12-13-28-63(56)70)61-43-40-55(41-44-61)52-22-10-5-11-23-52)42-45-71(66)81(72(67)49-69(65)76)75-78-73(57-36-32-53(33-37-57)50-18-6-3-7-19-50)77-74(79-75)58-38-34-54(35-39-58)51-20-8-4-9-21-51/h3-49H,1-2H3. The van der Waals surface area contributed by atoms with E-state index in [0.29, 0.717) is 17.6 Å². The lowest BCUT2D eigenvalue weighted by molar-refractivity contribution is 0.661. The third-order valence-corrected chi connectivity index (χ3v) is 16.5. The molecule has 0 bridgehead atoms. The van der Waals surface area contributed by atoms with Crippen molar-refractivity contribution in [1.29, 1.82) is 0 Å².